The van der Waals surface area contributed by atoms with Crippen LogP contribution >= 0.6 is 11.3 Å². The van der Waals surface area contributed by atoms with Gasteiger partial charge in [-0.25, -0.2) is 4.98 Å². The van der Waals surface area contributed by atoms with Crippen LogP contribution in [0.25, 0.3) is 0 Å². The molecule has 0 aliphatic carbocycles. The molecule has 108 valence electrons. The summed E-state index contributed by atoms with van der Waals surface area (Å²) >= 11 is 1.75. The lowest BCUT2D eigenvalue weighted by molar-refractivity contribution is 0.0384. The molecule has 2 rings (SSSR count). The van der Waals surface area contributed by atoms with Crippen molar-refractivity contribution in [3.05, 3.63) is 11.1 Å². The van der Waals surface area contributed by atoms with E-state index in [1.807, 2.05) is 0 Å². The number of ether oxygens (including phenoxy) is 1. The fraction of sp³-hybridized carbons (Fsp3) is 0.786. The van der Waals surface area contributed by atoms with E-state index in [0.717, 1.165) is 49.9 Å². The molecule has 2 heterocycles. The molecule has 19 heavy (non-hydrogen) atoms. The largest absolute Gasteiger partial charge is 0.375 e. The molecular weight excluding hydrogens is 258 g/mol. The van der Waals surface area contributed by atoms with E-state index in [-0.39, 0.29) is 0 Å². The predicted octanol–water partition coefficient (Wildman–Crippen LogP) is 2.82. The molecule has 0 spiro atoms. The summed E-state index contributed by atoms with van der Waals surface area (Å²) in [6, 6.07) is 0.341. The van der Waals surface area contributed by atoms with Crippen molar-refractivity contribution in [3.63, 3.8) is 0 Å². The molecule has 1 aromatic heterocycles. The summed E-state index contributed by atoms with van der Waals surface area (Å²) in [6.07, 6.45) is 2.59. The van der Waals surface area contributed by atoms with Gasteiger partial charge in [0.1, 0.15) is 0 Å². The van der Waals surface area contributed by atoms with Crippen LogP contribution in [0.3, 0.4) is 0 Å². The number of thiazole rings is 1. The summed E-state index contributed by atoms with van der Waals surface area (Å²) < 4.78 is 5.71. The van der Waals surface area contributed by atoms with Crippen LogP contribution in [0.1, 0.15) is 45.3 Å². The molecule has 1 aliphatic heterocycles. The lowest BCUT2D eigenvalue weighted by atomic mass is 10.2. The number of hydrogen-bond donors (Lipinski definition) is 1. The van der Waals surface area contributed by atoms with Crippen LogP contribution in [0, 0.1) is 0 Å². The van der Waals surface area contributed by atoms with E-state index < -0.39 is 0 Å². The monoisotopic (exact) mass is 283 g/mol. The maximum absolute atomic E-state index is 5.71. The minimum absolute atomic E-state index is 0.341. The molecule has 1 aromatic rings. The Morgan fingerprint density at radius 3 is 3.16 bits per heavy atom. The van der Waals surface area contributed by atoms with Crippen molar-refractivity contribution in [2.45, 2.75) is 45.8 Å². The van der Waals surface area contributed by atoms with Gasteiger partial charge in [0.2, 0.25) is 0 Å². The van der Waals surface area contributed by atoms with Gasteiger partial charge in [0.15, 0.2) is 5.13 Å². The number of nitrogens with zero attached hydrogens (tertiary/aromatic N) is 2. The smallest absolute Gasteiger partial charge is 0.185 e. The lowest BCUT2D eigenvalue weighted by Gasteiger charge is -2.32. The first-order valence-corrected chi connectivity index (χ1v) is 8.17. The Morgan fingerprint density at radius 2 is 2.42 bits per heavy atom. The molecule has 5 heteroatoms. The molecule has 0 amide bonds. The minimum Gasteiger partial charge on any atom is -0.375 e. The van der Waals surface area contributed by atoms with Gasteiger partial charge in [-0.15, -0.1) is 11.3 Å². The van der Waals surface area contributed by atoms with Crippen LogP contribution in [-0.4, -0.2) is 37.3 Å². The van der Waals surface area contributed by atoms with E-state index in [1.165, 1.54) is 0 Å². The van der Waals surface area contributed by atoms with Crippen molar-refractivity contribution in [1.82, 2.24) is 10.3 Å². The van der Waals surface area contributed by atoms with Gasteiger partial charge in [0, 0.05) is 24.5 Å². The average molecular weight is 283 g/mol. The van der Waals surface area contributed by atoms with Gasteiger partial charge in [-0.3, -0.25) is 0 Å². The average Bonchev–Trinajstić information content (AvgIpc) is 2.94. The zero-order chi connectivity index (χ0) is 13.7. The Morgan fingerprint density at radius 1 is 1.58 bits per heavy atom. The number of rotatable bonds is 6. The first kappa shape index (κ1) is 14.8. The number of hydrogen-bond acceptors (Lipinski definition) is 5. The molecule has 1 saturated heterocycles. The molecule has 0 bridgehead atoms. The minimum atomic E-state index is 0.341. The number of aromatic nitrogens is 1. The van der Waals surface area contributed by atoms with Gasteiger partial charge in [0.05, 0.1) is 18.4 Å². The molecule has 0 radical (unpaired) electrons. The highest BCUT2D eigenvalue weighted by Gasteiger charge is 2.21. The first-order chi connectivity index (χ1) is 9.24. The number of anilines is 1. The second-order valence-electron chi connectivity index (χ2n) is 5.08. The third-order valence-electron chi connectivity index (χ3n) is 3.52. The van der Waals surface area contributed by atoms with E-state index in [9.17, 15) is 0 Å². The summed E-state index contributed by atoms with van der Waals surface area (Å²) in [4.78, 5) is 7.14. The topological polar surface area (TPSA) is 37.4 Å². The highest BCUT2D eigenvalue weighted by Crippen LogP contribution is 2.26. The molecule has 1 N–H and O–H groups in total. The van der Waals surface area contributed by atoms with Crippen molar-refractivity contribution in [2.75, 3.05) is 31.1 Å². The molecular formula is C14H25N3OS. The SMILES string of the molecule is CCCNC(C)c1csc(N2CCOC(CC)C2)n1. The molecule has 0 saturated carbocycles. The third kappa shape index (κ3) is 3.91. The van der Waals surface area contributed by atoms with Gasteiger partial charge in [-0.1, -0.05) is 13.8 Å². The Labute approximate surface area is 120 Å². The maximum atomic E-state index is 5.71. The standard InChI is InChI=1S/C14H25N3OS/c1-4-6-15-11(3)13-10-19-14(16-13)17-7-8-18-12(5-2)9-17/h10-12,15H,4-9H2,1-3H3. The van der Waals surface area contributed by atoms with Crippen LogP contribution < -0.4 is 10.2 Å². The Hall–Kier alpha value is -0.650. The molecule has 2 unspecified atom stereocenters. The van der Waals surface area contributed by atoms with Gasteiger partial charge in [-0.05, 0) is 26.3 Å². The van der Waals surface area contributed by atoms with Crippen LogP contribution in [0.5, 0.6) is 0 Å². The predicted molar refractivity (Wildman–Crippen MR) is 81.1 cm³/mol. The van der Waals surface area contributed by atoms with Crippen molar-refractivity contribution < 1.29 is 4.74 Å². The fourth-order valence-electron chi connectivity index (χ4n) is 2.23. The van der Waals surface area contributed by atoms with E-state index in [4.69, 9.17) is 9.72 Å². The highest BCUT2D eigenvalue weighted by atomic mass is 32.1. The lowest BCUT2D eigenvalue weighted by Crippen LogP contribution is -2.42. The summed E-state index contributed by atoms with van der Waals surface area (Å²) in [5.41, 5.74) is 1.16. The van der Waals surface area contributed by atoms with Crippen LogP contribution in [0.15, 0.2) is 5.38 Å². The van der Waals surface area contributed by atoms with E-state index in [2.05, 4.69) is 36.4 Å². The van der Waals surface area contributed by atoms with Crippen LogP contribution in [0.2, 0.25) is 0 Å². The number of morpholine rings is 1. The molecule has 4 nitrogen and oxygen atoms in total. The van der Waals surface area contributed by atoms with Crippen LogP contribution in [0.4, 0.5) is 5.13 Å². The second kappa shape index (κ2) is 7.22. The van der Waals surface area contributed by atoms with Crippen molar-refractivity contribution >= 4 is 16.5 Å². The normalized spacial score (nSPS) is 21.6. The van der Waals surface area contributed by atoms with Crippen molar-refractivity contribution in [1.29, 1.82) is 0 Å². The molecule has 1 fully saturated rings. The summed E-state index contributed by atoms with van der Waals surface area (Å²) in [7, 11) is 0. The maximum Gasteiger partial charge on any atom is 0.185 e. The van der Waals surface area contributed by atoms with E-state index in [0.29, 0.717) is 12.1 Å². The van der Waals surface area contributed by atoms with Gasteiger partial charge < -0.3 is 15.0 Å². The molecule has 1 aliphatic rings. The van der Waals surface area contributed by atoms with Gasteiger partial charge in [0.25, 0.3) is 0 Å². The van der Waals surface area contributed by atoms with Crippen LogP contribution in [-0.2, 0) is 4.74 Å². The summed E-state index contributed by atoms with van der Waals surface area (Å²) in [5.74, 6) is 0. The van der Waals surface area contributed by atoms with E-state index >= 15 is 0 Å². The molecule has 0 aromatic carbocycles. The quantitative estimate of drug-likeness (QED) is 0.871. The van der Waals surface area contributed by atoms with Crippen molar-refractivity contribution in [3.8, 4) is 0 Å². The zero-order valence-electron chi connectivity index (χ0n) is 12.2. The van der Waals surface area contributed by atoms with Gasteiger partial charge >= 0.3 is 0 Å². The highest BCUT2D eigenvalue weighted by molar-refractivity contribution is 7.13. The Kier molecular flexibility index (Phi) is 5.60. The Bertz CT molecular complexity index is 383. The number of nitrogens with one attached hydrogen (secondary N) is 1. The van der Waals surface area contributed by atoms with E-state index in [1.54, 1.807) is 11.3 Å². The second-order valence-corrected chi connectivity index (χ2v) is 5.91. The van der Waals surface area contributed by atoms with Gasteiger partial charge in [-0.2, -0.15) is 0 Å². The first-order valence-electron chi connectivity index (χ1n) is 7.30. The Balaban J connectivity index is 1.96. The zero-order valence-corrected chi connectivity index (χ0v) is 13.0. The third-order valence-corrected chi connectivity index (χ3v) is 4.44. The molecule has 2 atom stereocenters. The summed E-state index contributed by atoms with van der Waals surface area (Å²) in [6.45, 7) is 10.3. The van der Waals surface area contributed by atoms with Crippen molar-refractivity contribution in [2.24, 2.45) is 0 Å². The fourth-order valence-corrected chi connectivity index (χ4v) is 3.18. The summed E-state index contributed by atoms with van der Waals surface area (Å²) in [5, 5.41) is 6.81.